The maximum atomic E-state index is 13.1. The summed E-state index contributed by atoms with van der Waals surface area (Å²) < 4.78 is 52.3. The van der Waals surface area contributed by atoms with Gasteiger partial charge in [-0.25, -0.2) is 18.4 Å². The molecule has 0 spiro atoms. The molecule has 1 atom stereocenters. The third-order valence-corrected chi connectivity index (χ3v) is 3.50. The van der Waals surface area contributed by atoms with Crippen LogP contribution in [0.2, 0.25) is 0 Å². The van der Waals surface area contributed by atoms with Crippen molar-refractivity contribution in [2.24, 2.45) is 0 Å². The molecule has 1 aromatic heterocycles. The van der Waals surface area contributed by atoms with E-state index in [4.69, 9.17) is 0 Å². The summed E-state index contributed by atoms with van der Waals surface area (Å²) in [5, 5.41) is 3.98. The van der Waals surface area contributed by atoms with Gasteiger partial charge in [-0.3, -0.25) is 4.90 Å². The Morgan fingerprint density at radius 2 is 1.86 bits per heavy atom. The molecule has 1 heterocycles. The lowest BCUT2D eigenvalue weighted by Crippen LogP contribution is -2.40. The minimum Gasteiger partial charge on any atom is -0.294 e. The van der Waals surface area contributed by atoms with E-state index in [0.29, 0.717) is 0 Å². The Balaban J connectivity index is 2.07. The van der Waals surface area contributed by atoms with Gasteiger partial charge in [0, 0.05) is 6.04 Å². The molecule has 0 saturated carbocycles. The summed E-state index contributed by atoms with van der Waals surface area (Å²) in [6.07, 6.45) is -0.735. The monoisotopic (exact) mass is 316 g/mol. The molecule has 1 aromatic carbocycles. The number of hydrogen-bond acceptors (Lipinski definition) is 3. The molecule has 0 bridgehead atoms. The van der Waals surface area contributed by atoms with Gasteiger partial charge in [0.05, 0.1) is 12.2 Å². The third-order valence-electron chi connectivity index (χ3n) is 3.50. The van der Waals surface area contributed by atoms with Crippen molar-refractivity contribution in [1.29, 1.82) is 0 Å². The maximum absolute atomic E-state index is 13.1. The summed E-state index contributed by atoms with van der Waals surface area (Å²) >= 11 is 0. The molecule has 8 heteroatoms. The number of hydrogen-bond donors (Lipinski definition) is 0. The Morgan fingerprint density at radius 1 is 1.23 bits per heavy atom. The van der Waals surface area contributed by atoms with Crippen molar-refractivity contribution in [2.45, 2.75) is 25.3 Å². The molecule has 4 nitrogen and oxygen atoms in total. The smallest absolute Gasteiger partial charge is 0.294 e. The topological polar surface area (TPSA) is 34.0 Å². The fraction of sp³-hybridized carbons (Fsp3) is 0.429. The molecule has 0 fully saturated rings. The fourth-order valence-electron chi connectivity index (χ4n) is 2.04. The first-order chi connectivity index (χ1) is 10.3. The summed E-state index contributed by atoms with van der Waals surface area (Å²) in [7, 11) is 1.40. The van der Waals surface area contributed by atoms with Crippen LogP contribution in [0.4, 0.5) is 17.6 Å². The molecule has 2 aromatic rings. The molecule has 0 aliphatic carbocycles. The molecule has 0 saturated heterocycles. The van der Waals surface area contributed by atoms with Crippen LogP contribution in [0.15, 0.2) is 36.9 Å². The van der Waals surface area contributed by atoms with Gasteiger partial charge in [-0.2, -0.15) is 13.9 Å². The summed E-state index contributed by atoms with van der Waals surface area (Å²) in [5.41, 5.74) is 1.52. The van der Waals surface area contributed by atoms with E-state index in [1.807, 2.05) is 0 Å². The average molecular weight is 316 g/mol. The summed E-state index contributed by atoms with van der Waals surface area (Å²) in [6, 6.07) is 6.60. The van der Waals surface area contributed by atoms with Gasteiger partial charge in [0.1, 0.15) is 12.7 Å². The Morgan fingerprint density at radius 3 is 2.36 bits per heavy atom. The second kappa shape index (κ2) is 6.43. The van der Waals surface area contributed by atoms with Gasteiger partial charge in [0.25, 0.3) is 0 Å². The van der Waals surface area contributed by atoms with Crippen LogP contribution >= 0.6 is 0 Å². The van der Waals surface area contributed by atoms with Crippen molar-refractivity contribution in [3.8, 4) is 5.69 Å². The van der Waals surface area contributed by atoms with E-state index >= 15 is 0 Å². The Kier molecular flexibility index (Phi) is 4.80. The maximum Gasteiger partial charge on any atom is 0.319 e. The number of aromatic nitrogens is 3. The Hall–Kier alpha value is -1.96. The quantitative estimate of drug-likeness (QED) is 0.768. The third kappa shape index (κ3) is 3.62. The predicted octanol–water partition coefficient (Wildman–Crippen LogP) is 3.16. The van der Waals surface area contributed by atoms with Gasteiger partial charge in [-0.15, -0.1) is 0 Å². The number of nitrogens with zero attached hydrogens (tertiary/aromatic N) is 4. The van der Waals surface area contributed by atoms with Crippen LogP contribution in [0.5, 0.6) is 0 Å². The van der Waals surface area contributed by atoms with Gasteiger partial charge < -0.3 is 0 Å². The molecule has 0 aliphatic rings. The van der Waals surface area contributed by atoms with Crippen LogP contribution in [0.3, 0.4) is 0 Å². The van der Waals surface area contributed by atoms with E-state index in [-0.39, 0.29) is 0 Å². The second-order valence-electron chi connectivity index (χ2n) is 5.08. The SMILES string of the molecule is C[C@H](c1ccc(-n2cncn2)cc1)N(C)CC(F)(F)C(F)F. The minimum absolute atomic E-state index is 0.422. The number of alkyl halides is 4. The molecule has 0 amide bonds. The van der Waals surface area contributed by atoms with Crippen LogP contribution in [-0.4, -0.2) is 45.6 Å². The van der Waals surface area contributed by atoms with Crippen LogP contribution < -0.4 is 0 Å². The van der Waals surface area contributed by atoms with E-state index < -0.39 is 24.9 Å². The highest BCUT2D eigenvalue weighted by Crippen LogP contribution is 2.28. The van der Waals surface area contributed by atoms with Gasteiger partial charge in [0.15, 0.2) is 0 Å². The number of rotatable bonds is 6. The summed E-state index contributed by atoms with van der Waals surface area (Å²) in [4.78, 5) is 5.04. The van der Waals surface area contributed by atoms with Gasteiger partial charge >= 0.3 is 12.3 Å². The van der Waals surface area contributed by atoms with Crippen LogP contribution in [-0.2, 0) is 0 Å². The molecule has 0 radical (unpaired) electrons. The fourth-order valence-corrected chi connectivity index (χ4v) is 2.04. The molecular weight excluding hydrogens is 300 g/mol. The summed E-state index contributed by atoms with van der Waals surface area (Å²) in [5.74, 6) is -4.02. The first-order valence-electron chi connectivity index (χ1n) is 6.62. The number of halogens is 4. The van der Waals surface area contributed by atoms with E-state index in [1.165, 1.54) is 24.6 Å². The zero-order valence-electron chi connectivity index (χ0n) is 12.1. The van der Waals surface area contributed by atoms with E-state index in [2.05, 4.69) is 10.1 Å². The molecule has 120 valence electrons. The first kappa shape index (κ1) is 16.4. The molecular formula is C14H16F4N4. The van der Waals surface area contributed by atoms with Gasteiger partial charge in [-0.05, 0) is 31.7 Å². The zero-order chi connectivity index (χ0) is 16.3. The molecule has 0 aliphatic heterocycles. The van der Waals surface area contributed by atoms with Crippen LogP contribution in [0, 0.1) is 0 Å². The summed E-state index contributed by atoms with van der Waals surface area (Å²) in [6.45, 7) is 0.683. The highest BCUT2D eigenvalue weighted by Gasteiger charge is 2.42. The lowest BCUT2D eigenvalue weighted by atomic mass is 10.1. The van der Waals surface area contributed by atoms with E-state index in [9.17, 15) is 17.6 Å². The molecule has 0 unspecified atom stereocenters. The first-order valence-corrected chi connectivity index (χ1v) is 6.62. The highest BCUT2D eigenvalue weighted by molar-refractivity contribution is 5.34. The van der Waals surface area contributed by atoms with Gasteiger partial charge in [0.2, 0.25) is 0 Å². The largest absolute Gasteiger partial charge is 0.319 e. The van der Waals surface area contributed by atoms with Crippen molar-refractivity contribution in [1.82, 2.24) is 19.7 Å². The predicted molar refractivity (Wildman–Crippen MR) is 73.4 cm³/mol. The van der Waals surface area contributed by atoms with Crippen LogP contribution in [0.25, 0.3) is 5.69 Å². The van der Waals surface area contributed by atoms with Gasteiger partial charge in [-0.1, -0.05) is 12.1 Å². The number of benzene rings is 1. The molecule has 2 rings (SSSR count). The Labute approximate surface area is 125 Å². The van der Waals surface area contributed by atoms with E-state index in [0.717, 1.165) is 11.3 Å². The molecule has 22 heavy (non-hydrogen) atoms. The Bertz CT molecular complexity index is 583. The normalized spacial score (nSPS) is 13.8. The average Bonchev–Trinajstić information content (AvgIpc) is 3.00. The lowest BCUT2D eigenvalue weighted by molar-refractivity contribution is -0.143. The van der Waals surface area contributed by atoms with Crippen molar-refractivity contribution in [2.75, 3.05) is 13.6 Å². The van der Waals surface area contributed by atoms with Crippen molar-refractivity contribution < 1.29 is 17.6 Å². The molecule has 0 N–H and O–H groups in total. The van der Waals surface area contributed by atoms with Crippen molar-refractivity contribution >= 4 is 0 Å². The van der Waals surface area contributed by atoms with Crippen molar-refractivity contribution in [3.05, 3.63) is 42.5 Å². The second-order valence-corrected chi connectivity index (χ2v) is 5.08. The zero-order valence-corrected chi connectivity index (χ0v) is 12.1. The van der Waals surface area contributed by atoms with Crippen LogP contribution in [0.1, 0.15) is 18.5 Å². The minimum atomic E-state index is -4.02. The van der Waals surface area contributed by atoms with E-state index in [1.54, 1.807) is 35.9 Å². The van der Waals surface area contributed by atoms with Crippen molar-refractivity contribution in [3.63, 3.8) is 0 Å². The standard InChI is InChI=1S/C14H16F4N4/c1-10(21(2)7-14(17,18)13(15)16)11-3-5-12(6-4-11)22-9-19-8-20-22/h3-6,8-10,13H,7H2,1-2H3/t10-/m1/s1. The highest BCUT2D eigenvalue weighted by atomic mass is 19.3. The lowest BCUT2D eigenvalue weighted by Gasteiger charge is -2.28.